The maximum atomic E-state index is 12.4. The first-order valence-electron chi connectivity index (χ1n) is 9.55. The lowest BCUT2D eigenvalue weighted by atomic mass is 10.1. The van der Waals surface area contributed by atoms with Crippen LogP contribution in [0.15, 0.2) is 76.5 Å². The van der Waals surface area contributed by atoms with Crippen LogP contribution in [0.2, 0.25) is 0 Å². The van der Waals surface area contributed by atoms with E-state index in [1.807, 2.05) is 55.5 Å². The van der Waals surface area contributed by atoms with Crippen LogP contribution >= 0.6 is 11.8 Å². The average molecular weight is 458 g/mol. The molecule has 0 saturated carbocycles. The van der Waals surface area contributed by atoms with E-state index in [9.17, 15) is 18.3 Å². The monoisotopic (exact) mass is 457 g/mol. The molecule has 31 heavy (non-hydrogen) atoms. The zero-order valence-corrected chi connectivity index (χ0v) is 18.8. The van der Waals surface area contributed by atoms with Crippen LogP contribution in [-0.2, 0) is 10.0 Å². The van der Waals surface area contributed by atoms with Crippen molar-refractivity contribution in [1.82, 2.24) is 4.72 Å². The molecule has 0 aromatic heterocycles. The summed E-state index contributed by atoms with van der Waals surface area (Å²) in [5, 5.41) is 9.18. The van der Waals surface area contributed by atoms with Gasteiger partial charge in [0.2, 0.25) is 10.0 Å². The lowest BCUT2D eigenvalue weighted by Crippen LogP contribution is -2.26. The van der Waals surface area contributed by atoms with Gasteiger partial charge in [0.25, 0.3) is 0 Å². The van der Waals surface area contributed by atoms with E-state index in [-0.39, 0.29) is 17.0 Å². The van der Waals surface area contributed by atoms with Crippen molar-refractivity contribution >= 4 is 27.8 Å². The standard InChI is InChI=1S/C23H23NO5S2/c1-16-3-6-18(7-4-16)29-19-8-10-20(11-9-19)30-14-13-24-31(27,28)21-12-5-17(2)22(15-21)23(25)26/h3-12,15,24H,13-14H2,1-2H3,(H,25,26). The van der Waals surface area contributed by atoms with E-state index < -0.39 is 16.0 Å². The molecule has 8 heteroatoms. The molecule has 3 aromatic rings. The van der Waals surface area contributed by atoms with Crippen LogP contribution in [0.5, 0.6) is 11.5 Å². The summed E-state index contributed by atoms with van der Waals surface area (Å²) in [6, 6.07) is 19.5. The summed E-state index contributed by atoms with van der Waals surface area (Å²) in [5.74, 6) is 0.861. The largest absolute Gasteiger partial charge is 0.478 e. The van der Waals surface area contributed by atoms with Crippen molar-refractivity contribution in [3.8, 4) is 11.5 Å². The van der Waals surface area contributed by atoms with Gasteiger partial charge in [0.1, 0.15) is 11.5 Å². The average Bonchev–Trinajstić information content (AvgIpc) is 2.74. The second kappa shape index (κ2) is 10.00. The first kappa shape index (κ1) is 22.9. The van der Waals surface area contributed by atoms with Gasteiger partial charge in [-0.25, -0.2) is 17.9 Å². The molecule has 0 atom stereocenters. The summed E-state index contributed by atoms with van der Waals surface area (Å²) in [6.07, 6.45) is 0. The van der Waals surface area contributed by atoms with Crippen molar-refractivity contribution in [2.24, 2.45) is 0 Å². The van der Waals surface area contributed by atoms with Gasteiger partial charge in [0, 0.05) is 17.2 Å². The summed E-state index contributed by atoms with van der Waals surface area (Å²) in [7, 11) is -3.78. The summed E-state index contributed by atoms with van der Waals surface area (Å²) in [5.41, 5.74) is 1.65. The highest BCUT2D eigenvalue weighted by Crippen LogP contribution is 2.25. The molecule has 0 amide bonds. The minimum absolute atomic E-state index is 0.0230. The third-order valence-electron chi connectivity index (χ3n) is 4.49. The smallest absolute Gasteiger partial charge is 0.335 e. The maximum absolute atomic E-state index is 12.4. The van der Waals surface area contributed by atoms with E-state index in [1.165, 1.54) is 35.5 Å². The Morgan fingerprint density at radius 2 is 1.58 bits per heavy atom. The van der Waals surface area contributed by atoms with Gasteiger partial charge >= 0.3 is 5.97 Å². The topological polar surface area (TPSA) is 92.7 Å². The van der Waals surface area contributed by atoms with E-state index in [0.29, 0.717) is 11.3 Å². The van der Waals surface area contributed by atoms with Gasteiger partial charge in [-0.3, -0.25) is 0 Å². The molecule has 6 nitrogen and oxygen atoms in total. The fourth-order valence-corrected chi connectivity index (χ4v) is 4.73. The van der Waals surface area contributed by atoms with E-state index in [4.69, 9.17) is 4.74 Å². The molecule has 0 aliphatic rings. The first-order chi connectivity index (χ1) is 14.7. The lowest BCUT2D eigenvalue weighted by Gasteiger charge is -2.09. The Kier molecular flexibility index (Phi) is 7.37. The summed E-state index contributed by atoms with van der Waals surface area (Å²) < 4.78 is 33.2. The second-order valence-electron chi connectivity index (χ2n) is 6.91. The van der Waals surface area contributed by atoms with Crippen LogP contribution < -0.4 is 9.46 Å². The van der Waals surface area contributed by atoms with Gasteiger partial charge in [-0.05, 0) is 67.9 Å². The number of carboxylic acids is 1. The number of hydrogen-bond donors (Lipinski definition) is 2. The Balaban J connectivity index is 1.51. The molecule has 0 aliphatic carbocycles. The number of hydrogen-bond acceptors (Lipinski definition) is 5. The number of aromatic carboxylic acids is 1. The molecule has 0 fully saturated rings. The van der Waals surface area contributed by atoms with E-state index in [2.05, 4.69) is 4.72 Å². The number of rotatable bonds is 9. The normalized spacial score (nSPS) is 11.3. The van der Waals surface area contributed by atoms with E-state index in [0.717, 1.165) is 16.4 Å². The third-order valence-corrected chi connectivity index (χ3v) is 6.97. The highest BCUT2D eigenvalue weighted by atomic mass is 32.2. The number of sulfonamides is 1. The summed E-state index contributed by atoms with van der Waals surface area (Å²) in [4.78, 5) is 12.2. The predicted octanol–water partition coefficient (Wildman–Crippen LogP) is 4.86. The quantitative estimate of drug-likeness (QED) is 0.352. The minimum Gasteiger partial charge on any atom is -0.478 e. The van der Waals surface area contributed by atoms with Gasteiger partial charge in [-0.15, -0.1) is 11.8 Å². The molecule has 2 N–H and O–H groups in total. The Morgan fingerprint density at radius 3 is 2.19 bits per heavy atom. The van der Waals surface area contributed by atoms with Crippen molar-refractivity contribution in [2.75, 3.05) is 12.3 Å². The molecule has 162 valence electrons. The number of benzene rings is 3. The minimum atomic E-state index is -3.78. The van der Waals surface area contributed by atoms with Gasteiger partial charge in [-0.2, -0.15) is 0 Å². The fourth-order valence-electron chi connectivity index (χ4n) is 2.77. The van der Waals surface area contributed by atoms with Crippen molar-refractivity contribution in [2.45, 2.75) is 23.6 Å². The highest BCUT2D eigenvalue weighted by Gasteiger charge is 2.17. The predicted molar refractivity (Wildman–Crippen MR) is 122 cm³/mol. The molecule has 0 unspecified atom stereocenters. The molecular weight excluding hydrogens is 434 g/mol. The number of aryl methyl sites for hydroxylation is 2. The first-order valence-corrected chi connectivity index (χ1v) is 12.0. The van der Waals surface area contributed by atoms with Crippen LogP contribution in [-0.4, -0.2) is 31.8 Å². The van der Waals surface area contributed by atoms with E-state index in [1.54, 1.807) is 6.92 Å². The van der Waals surface area contributed by atoms with Crippen LogP contribution in [0.3, 0.4) is 0 Å². The zero-order valence-electron chi connectivity index (χ0n) is 17.2. The Hall–Kier alpha value is -2.81. The summed E-state index contributed by atoms with van der Waals surface area (Å²) in [6.45, 7) is 3.86. The second-order valence-corrected chi connectivity index (χ2v) is 9.85. The van der Waals surface area contributed by atoms with Crippen LogP contribution in [0.1, 0.15) is 21.5 Å². The van der Waals surface area contributed by atoms with Crippen LogP contribution in [0, 0.1) is 13.8 Å². The Labute approximate surface area is 186 Å². The van der Waals surface area contributed by atoms with Crippen LogP contribution in [0.4, 0.5) is 0 Å². The van der Waals surface area contributed by atoms with Gasteiger partial charge in [0.15, 0.2) is 0 Å². The van der Waals surface area contributed by atoms with Crippen molar-refractivity contribution in [1.29, 1.82) is 0 Å². The molecule has 0 saturated heterocycles. The molecule has 3 aromatic carbocycles. The molecule has 0 bridgehead atoms. The molecular formula is C23H23NO5S2. The van der Waals surface area contributed by atoms with Crippen LogP contribution in [0.25, 0.3) is 0 Å². The SMILES string of the molecule is Cc1ccc(Oc2ccc(SCCNS(=O)(=O)c3ccc(C)c(C(=O)O)c3)cc2)cc1. The number of ether oxygens (including phenoxy) is 1. The third kappa shape index (κ3) is 6.33. The van der Waals surface area contributed by atoms with Crippen molar-refractivity contribution in [3.05, 3.63) is 83.4 Å². The summed E-state index contributed by atoms with van der Waals surface area (Å²) >= 11 is 1.51. The highest BCUT2D eigenvalue weighted by molar-refractivity contribution is 7.99. The number of carboxylic acid groups (broad SMARTS) is 1. The lowest BCUT2D eigenvalue weighted by molar-refractivity contribution is 0.0696. The molecule has 0 aliphatic heterocycles. The fraction of sp³-hybridized carbons (Fsp3) is 0.174. The zero-order chi connectivity index (χ0) is 22.4. The maximum Gasteiger partial charge on any atom is 0.335 e. The molecule has 0 spiro atoms. The van der Waals surface area contributed by atoms with Crippen molar-refractivity contribution < 1.29 is 23.1 Å². The molecule has 0 radical (unpaired) electrons. The van der Waals surface area contributed by atoms with Gasteiger partial charge in [0.05, 0.1) is 10.5 Å². The van der Waals surface area contributed by atoms with Gasteiger partial charge in [-0.1, -0.05) is 23.8 Å². The van der Waals surface area contributed by atoms with Crippen molar-refractivity contribution in [3.63, 3.8) is 0 Å². The Bertz CT molecular complexity index is 1160. The molecule has 0 heterocycles. The van der Waals surface area contributed by atoms with Gasteiger partial charge < -0.3 is 9.84 Å². The number of carbonyl (C=O) groups is 1. The molecule has 3 rings (SSSR count). The van der Waals surface area contributed by atoms with E-state index >= 15 is 0 Å². The Morgan fingerprint density at radius 1 is 0.968 bits per heavy atom. The number of nitrogens with one attached hydrogen (secondary N) is 1. The number of thioether (sulfide) groups is 1.